The Bertz CT molecular complexity index is 220. The summed E-state index contributed by atoms with van der Waals surface area (Å²) >= 11 is 0. The molecule has 1 fully saturated rings. The molecule has 3 unspecified atom stereocenters. The molecule has 3 atom stereocenters. The van der Waals surface area contributed by atoms with E-state index in [0.717, 1.165) is 12.8 Å². The molecule has 0 bridgehead atoms. The Morgan fingerprint density at radius 3 is 2.38 bits per heavy atom. The van der Waals surface area contributed by atoms with Crippen LogP contribution in [0.2, 0.25) is 0 Å². The lowest BCUT2D eigenvalue weighted by Gasteiger charge is -2.31. The van der Waals surface area contributed by atoms with E-state index in [4.69, 9.17) is 5.11 Å². The number of rotatable bonds is 4. The fourth-order valence-electron chi connectivity index (χ4n) is 2.79. The fraction of sp³-hybridized carbons (Fsp3) is 0.923. The topological polar surface area (TPSA) is 49.3 Å². The van der Waals surface area contributed by atoms with Gasteiger partial charge in [0, 0.05) is 18.6 Å². The summed E-state index contributed by atoms with van der Waals surface area (Å²) in [6.45, 7) is 6.54. The van der Waals surface area contributed by atoms with Crippen molar-refractivity contribution in [2.75, 3.05) is 6.61 Å². The number of hydrogen-bond donors (Lipinski definition) is 2. The molecule has 0 aromatic carbocycles. The zero-order chi connectivity index (χ0) is 12.1. The van der Waals surface area contributed by atoms with Gasteiger partial charge in [-0.1, -0.05) is 13.8 Å². The van der Waals surface area contributed by atoms with Crippen molar-refractivity contribution in [3.05, 3.63) is 0 Å². The largest absolute Gasteiger partial charge is 0.396 e. The maximum Gasteiger partial charge on any atom is 0.223 e. The average molecular weight is 227 g/mol. The van der Waals surface area contributed by atoms with Crippen LogP contribution >= 0.6 is 0 Å². The SMILES string of the molecule is CC1CC(C)CC(C(=O)NC(C)CCO)C1. The molecule has 3 nitrogen and oxygen atoms in total. The third kappa shape index (κ3) is 4.12. The number of nitrogens with one attached hydrogen (secondary N) is 1. The number of carbonyl (C=O) groups excluding carboxylic acids is 1. The highest BCUT2D eigenvalue weighted by Gasteiger charge is 2.29. The van der Waals surface area contributed by atoms with Gasteiger partial charge in [0.25, 0.3) is 0 Å². The summed E-state index contributed by atoms with van der Waals surface area (Å²) in [5.74, 6) is 1.68. The Kier molecular flexibility index (Phi) is 5.26. The highest BCUT2D eigenvalue weighted by Crippen LogP contribution is 2.32. The standard InChI is InChI=1S/C13H25NO2/c1-9-6-10(2)8-12(7-9)13(16)14-11(3)4-5-15/h9-12,15H,4-8H2,1-3H3,(H,14,16). The molecule has 94 valence electrons. The highest BCUT2D eigenvalue weighted by atomic mass is 16.3. The van der Waals surface area contributed by atoms with Crippen LogP contribution in [0.25, 0.3) is 0 Å². The molecular formula is C13H25NO2. The second-order valence-corrected chi connectivity index (χ2v) is 5.54. The van der Waals surface area contributed by atoms with E-state index in [0.29, 0.717) is 18.3 Å². The molecule has 0 radical (unpaired) electrons. The molecule has 0 aliphatic heterocycles. The molecule has 0 saturated heterocycles. The van der Waals surface area contributed by atoms with Gasteiger partial charge in [-0.3, -0.25) is 4.79 Å². The van der Waals surface area contributed by atoms with Gasteiger partial charge < -0.3 is 10.4 Å². The minimum Gasteiger partial charge on any atom is -0.396 e. The van der Waals surface area contributed by atoms with Crippen molar-refractivity contribution >= 4 is 5.91 Å². The van der Waals surface area contributed by atoms with Crippen LogP contribution in [0.3, 0.4) is 0 Å². The van der Waals surface area contributed by atoms with E-state index >= 15 is 0 Å². The molecule has 1 amide bonds. The zero-order valence-corrected chi connectivity index (χ0v) is 10.7. The summed E-state index contributed by atoms with van der Waals surface area (Å²) < 4.78 is 0. The van der Waals surface area contributed by atoms with Crippen LogP contribution in [-0.4, -0.2) is 23.7 Å². The van der Waals surface area contributed by atoms with Crippen LogP contribution in [0, 0.1) is 17.8 Å². The summed E-state index contributed by atoms with van der Waals surface area (Å²) in [6, 6.07) is 0.0880. The molecule has 2 N–H and O–H groups in total. The highest BCUT2D eigenvalue weighted by molar-refractivity contribution is 5.79. The van der Waals surface area contributed by atoms with E-state index in [1.165, 1.54) is 6.42 Å². The van der Waals surface area contributed by atoms with E-state index in [1.807, 2.05) is 6.92 Å². The Morgan fingerprint density at radius 1 is 1.31 bits per heavy atom. The molecule has 1 aliphatic carbocycles. The summed E-state index contributed by atoms with van der Waals surface area (Å²) in [4.78, 5) is 12.0. The lowest BCUT2D eigenvalue weighted by molar-refractivity contribution is -0.127. The second-order valence-electron chi connectivity index (χ2n) is 5.54. The first-order valence-corrected chi connectivity index (χ1v) is 6.44. The van der Waals surface area contributed by atoms with E-state index in [-0.39, 0.29) is 24.5 Å². The van der Waals surface area contributed by atoms with Crippen LogP contribution in [0.4, 0.5) is 0 Å². The first-order chi connectivity index (χ1) is 7.52. The van der Waals surface area contributed by atoms with Gasteiger partial charge in [-0.05, 0) is 44.4 Å². The molecule has 1 rings (SSSR count). The van der Waals surface area contributed by atoms with Crippen molar-refractivity contribution in [3.63, 3.8) is 0 Å². The van der Waals surface area contributed by atoms with Gasteiger partial charge in [0.2, 0.25) is 5.91 Å². The van der Waals surface area contributed by atoms with E-state index in [2.05, 4.69) is 19.2 Å². The monoisotopic (exact) mass is 227 g/mol. The quantitative estimate of drug-likeness (QED) is 0.771. The van der Waals surface area contributed by atoms with Gasteiger partial charge in [-0.25, -0.2) is 0 Å². The fourth-order valence-corrected chi connectivity index (χ4v) is 2.79. The van der Waals surface area contributed by atoms with Crippen molar-refractivity contribution in [1.82, 2.24) is 5.32 Å². The Balaban J connectivity index is 2.40. The molecule has 0 heterocycles. The number of aliphatic hydroxyl groups excluding tert-OH is 1. The molecule has 1 saturated carbocycles. The first-order valence-electron chi connectivity index (χ1n) is 6.44. The second kappa shape index (κ2) is 6.24. The summed E-state index contributed by atoms with van der Waals surface area (Å²) in [6.07, 6.45) is 3.92. The van der Waals surface area contributed by atoms with Gasteiger partial charge in [-0.15, -0.1) is 0 Å². The van der Waals surface area contributed by atoms with Crippen molar-refractivity contribution in [1.29, 1.82) is 0 Å². The zero-order valence-electron chi connectivity index (χ0n) is 10.7. The minimum atomic E-state index is 0.0880. The Hall–Kier alpha value is -0.570. The normalized spacial score (nSPS) is 32.1. The Labute approximate surface area is 98.6 Å². The Morgan fingerprint density at radius 2 is 1.88 bits per heavy atom. The average Bonchev–Trinajstić information content (AvgIpc) is 2.16. The molecule has 1 aliphatic rings. The third-order valence-electron chi connectivity index (χ3n) is 3.50. The van der Waals surface area contributed by atoms with E-state index in [9.17, 15) is 4.79 Å². The predicted molar refractivity (Wildman–Crippen MR) is 65.0 cm³/mol. The van der Waals surface area contributed by atoms with Crippen molar-refractivity contribution in [2.24, 2.45) is 17.8 Å². The maximum absolute atomic E-state index is 12.0. The van der Waals surface area contributed by atoms with Gasteiger partial charge in [0.1, 0.15) is 0 Å². The third-order valence-corrected chi connectivity index (χ3v) is 3.50. The van der Waals surface area contributed by atoms with Crippen LogP contribution in [0.1, 0.15) is 46.5 Å². The van der Waals surface area contributed by atoms with Crippen molar-refractivity contribution in [3.8, 4) is 0 Å². The van der Waals surface area contributed by atoms with E-state index < -0.39 is 0 Å². The summed E-state index contributed by atoms with van der Waals surface area (Å²) in [5, 5.41) is 11.8. The van der Waals surface area contributed by atoms with Crippen molar-refractivity contribution < 1.29 is 9.90 Å². The van der Waals surface area contributed by atoms with Crippen molar-refractivity contribution in [2.45, 2.75) is 52.5 Å². The number of amides is 1. The maximum atomic E-state index is 12.0. The molecular weight excluding hydrogens is 202 g/mol. The van der Waals surface area contributed by atoms with Crippen LogP contribution in [0.5, 0.6) is 0 Å². The number of hydrogen-bond acceptors (Lipinski definition) is 2. The van der Waals surface area contributed by atoms with Crippen LogP contribution in [0.15, 0.2) is 0 Å². The van der Waals surface area contributed by atoms with Gasteiger partial charge in [-0.2, -0.15) is 0 Å². The lowest BCUT2D eigenvalue weighted by atomic mass is 9.76. The molecule has 0 aromatic heterocycles. The minimum absolute atomic E-state index is 0.0880. The molecule has 0 aromatic rings. The van der Waals surface area contributed by atoms with E-state index in [1.54, 1.807) is 0 Å². The first kappa shape index (κ1) is 13.5. The number of aliphatic hydroxyl groups is 1. The molecule has 0 spiro atoms. The molecule has 16 heavy (non-hydrogen) atoms. The van der Waals surface area contributed by atoms with Gasteiger partial charge in [0.15, 0.2) is 0 Å². The van der Waals surface area contributed by atoms with Gasteiger partial charge in [0.05, 0.1) is 0 Å². The summed E-state index contributed by atoms with van der Waals surface area (Å²) in [5.41, 5.74) is 0. The van der Waals surface area contributed by atoms with Gasteiger partial charge >= 0.3 is 0 Å². The number of carbonyl (C=O) groups is 1. The predicted octanol–water partition coefficient (Wildman–Crippen LogP) is 1.95. The molecule has 3 heteroatoms. The smallest absolute Gasteiger partial charge is 0.223 e. The lowest BCUT2D eigenvalue weighted by Crippen LogP contribution is -2.40. The van der Waals surface area contributed by atoms with Crippen LogP contribution < -0.4 is 5.32 Å². The van der Waals surface area contributed by atoms with Crippen LogP contribution in [-0.2, 0) is 4.79 Å². The summed E-state index contributed by atoms with van der Waals surface area (Å²) in [7, 11) is 0.